The number of carbonyl (C=O) groups excluding carboxylic acids is 1. The number of anilines is 2. The summed E-state index contributed by atoms with van der Waals surface area (Å²) < 4.78 is 81.0. The number of rotatable bonds is 3. The van der Waals surface area contributed by atoms with Crippen LogP contribution in [-0.4, -0.2) is 25.7 Å². The zero-order valence-corrected chi connectivity index (χ0v) is 16.2. The molecule has 0 aliphatic rings. The Hall–Kier alpha value is -4.16. The smallest absolute Gasteiger partial charge is 0.383 e. The number of nitrogens with two attached hydrogens (primary N) is 1. The summed E-state index contributed by atoms with van der Waals surface area (Å²) in [4.78, 5) is 19.6. The Morgan fingerprint density at radius 1 is 0.939 bits per heavy atom. The van der Waals surface area contributed by atoms with Crippen LogP contribution in [0.5, 0.6) is 0 Å². The summed E-state index contributed by atoms with van der Waals surface area (Å²) >= 11 is 0. The van der Waals surface area contributed by atoms with Crippen molar-refractivity contribution in [2.24, 2.45) is 0 Å². The number of aromatic nitrogens is 4. The molecule has 7 nitrogen and oxygen atoms in total. The van der Waals surface area contributed by atoms with E-state index in [0.717, 1.165) is 18.5 Å². The van der Waals surface area contributed by atoms with Crippen molar-refractivity contribution >= 4 is 28.2 Å². The molecule has 1 amide bonds. The number of nitrogens with one attached hydrogen (secondary N) is 1. The van der Waals surface area contributed by atoms with Crippen molar-refractivity contribution in [2.75, 3.05) is 11.1 Å². The van der Waals surface area contributed by atoms with Crippen molar-refractivity contribution in [1.82, 2.24) is 19.7 Å². The van der Waals surface area contributed by atoms with E-state index in [-0.39, 0.29) is 17.2 Å². The SMILES string of the molecule is Nc1ncc(-n2ncc(C(=O)Nc3ccnc(C(F)(F)F)c3)c2C(F)(F)F)c2ccccc12. The molecule has 0 radical (unpaired) electrons. The van der Waals surface area contributed by atoms with Crippen LogP contribution < -0.4 is 11.1 Å². The fourth-order valence-electron chi connectivity index (χ4n) is 3.20. The van der Waals surface area contributed by atoms with E-state index in [9.17, 15) is 31.1 Å². The number of alkyl halides is 6. The average Bonchev–Trinajstić information content (AvgIpc) is 3.20. The van der Waals surface area contributed by atoms with E-state index < -0.39 is 35.2 Å². The Balaban J connectivity index is 1.80. The highest BCUT2D eigenvalue weighted by Gasteiger charge is 2.41. The molecule has 0 aliphatic carbocycles. The van der Waals surface area contributed by atoms with E-state index in [2.05, 4.69) is 15.1 Å². The largest absolute Gasteiger partial charge is 0.434 e. The van der Waals surface area contributed by atoms with Crippen LogP contribution in [0.1, 0.15) is 21.7 Å². The third-order valence-corrected chi connectivity index (χ3v) is 4.62. The number of pyridine rings is 2. The van der Waals surface area contributed by atoms with Crippen molar-refractivity contribution in [3.63, 3.8) is 0 Å². The molecule has 13 heteroatoms. The van der Waals surface area contributed by atoms with Gasteiger partial charge in [-0.05, 0) is 12.1 Å². The van der Waals surface area contributed by atoms with Crippen molar-refractivity contribution in [3.05, 3.63) is 71.9 Å². The molecule has 4 rings (SSSR count). The molecule has 3 N–H and O–H groups in total. The number of amides is 1. The molecule has 0 unspecified atom stereocenters. The van der Waals surface area contributed by atoms with E-state index in [4.69, 9.17) is 5.73 Å². The van der Waals surface area contributed by atoms with Gasteiger partial charge in [-0.3, -0.25) is 9.78 Å². The second kappa shape index (κ2) is 7.76. The summed E-state index contributed by atoms with van der Waals surface area (Å²) in [5.41, 5.74) is 1.69. The maximum atomic E-state index is 14.0. The van der Waals surface area contributed by atoms with Gasteiger partial charge in [-0.1, -0.05) is 24.3 Å². The highest BCUT2D eigenvalue weighted by molar-refractivity contribution is 6.05. The third-order valence-electron chi connectivity index (χ3n) is 4.62. The minimum Gasteiger partial charge on any atom is -0.383 e. The predicted octanol–water partition coefficient (Wildman–Crippen LogP) is 4.69. The Bertz CT molecular complexity index is 1360. The van der Waals surface area contributed by atoms with Crippen molar-refractivity contribution in [3.8, 4) is 5.69 Å². The minimum atomic E-state index is -5.04. The molecule has 170 valence electrons. The van der Waals surface area contributed by atoms with Gasteiger partial charge in [0.05, 0.1) is 23.6 Å². The first-order valence-electron chi connectivity index (χ1n) is 9.10. The zero-order valence-electron chi connectivity index (χ0n) is 16.2. The second-order valence-corrected chi connectivity index (χ2v) is 6.77. The van der Waals surface area contributed by atoms with Gasteiger partial charge in [0.1, 0.15) is 11.5 Å². The first kappa shape index (κ1) is 22.0. The Labute approximate surface area is 180 Å². The van der Waals surface area contributed by atoms with Gasteiger partial charge < -0.3 is 11.1 Å². The Morgan fingerprint density at radius 2 is 1.64 bits per heavy atom. The molecule has 0 spiro atoms. The number of hydrogen-bond donors (Lipinski definition) is 2. The summed E-state index contributed by atoms with van der Waals surface area (Å²) in [6.45, 7) is 0. The summed E-state index contributed by atoms with van der Waals surface area (Å²) in [6, 6.07) is 7.81. The molecule has 0 fully saturated rings. The van der Waals surface area contributed by atoms with Crippen LogP contribution in [0, 0.1) is 0 Å². The van der Waals surface area contributed by atoms with Crippen LogP contribution in [0.15, 0.2) is 55.0 Å². The lowest BCUT2D eigenvalue weighted by atomic mass is 10.1. The molecule has 0 saturated heterocycles. The van der Waals surface area contributed by atoms with Crippen LogP contribution in [0.4, 0.5) is 37.8 Å². The minimum absolute atomic E-state index is 0.0885. The zero-order chi connectivity index (χ0) is 24.0. The number of carbonyl (C=O) groups is 1. The molecule has 1 aromatic carbocycles. The molecule has 4 aromatic rings. The summed E-state index contributed by atoms with van der Waals surface area (Å²) in [7, 11) is 0. The number of nitrogens with zero attached hydrogens (tertiary/aromatic N) is 4. The molecule has 0 saturated carbocycles. The first-order chi connectivity index (χ1) is 15.5. The standard InChI is InChI=1S/C20H12F6N6O/c21-19(22,23)15-7-10(5-6-28-15)31-18(33)13-8-30-32(16(13)20(24,25)26)14-9-29-17(27)12-4-2-1-3-11(12)14/h1-9H,(H2,27,29)(H,28,31,33). The number of hydrogen-bond acceptors (Lipinski definition) is 5. The normalized spacial score (nSPS) is 12.2. The van der Waals surface area contributed by atoms with Gasteiger partial charge in [0.2, 0.25) is 0 Å². The summed E-state index contributed by atoms with van der Waals surface area (Å²) in [6.07, 6.45) is -7.30. The number of benzene rings is 1. The van der Waals surface area contributed by atoms with E-state index in [1.165, 1.54) is 6.07 Å². The molecular formula is C20H12F6N6O. The van der Waals surface area contributed by atoms with Gasteiger partial charge in [0, 0.05) is 22.7 Å². The van der Waals surface area contributed by atoms with Gasteiger partial charge in [-0.25, -0.2) is 9.67 Å². The lowest BCUT2D eigenvalue weighted by Crippen LogP contribution is -2.21. The molecule has 3 heterocycles. The molecule has 33 heavy (non-hydrogen) atoms. The van der Waals surface area contributed by atoms with Gasteiger partial charge in [0.15, 0.2) is 5.69 Å². The quantitative estimate of drug-likeness (QED) is 0.427. The Kier molecular flexibility index (Phi) is 5.18. The number of halogens is 6. The van der Waals surface area contributed by atoms with E-state index in [1.807, 2.05) is 5.32 Å². The molecule has 3 aromatic heterocycles. The van der Waals surface area contributed by atoms with Gasteiger partial charge in [0.25, 0.3) is 5.91 Å². The van der Waals surface area contributed by atoms with Crippen molar-refractivity contribution in [2.45, 2.75) is 12.4 Å². The predicted molar refractivity (Wildman–Crippen MR) is 105 cm³/mol. The molecule has 0 aliphatic heterocycles. The maximum absolute atomic E-state index is 14.0. The number of nitrogen functional groups attached to an aromatic ring is 1. The monoisotopic (exact) mass is 466 g/mol. The van der Waals surface area contributed by atoms with Gasteiger partial charge in [-0.2, -0.15) is 31.4 Å². The second-order valence-electron chi connectivity index (χ2n) is 6.77. The van der Waals surface area contributed by atoms with Gasteiger partial charge in [-0.15, -0.1) is 0 Å². The van der Waals surface area contributed by atoms with Crippen LogP contribution in [-0.2, 0) is 12.4 Å². The Morgan fingerprint density at radius 3 is 2.30 bits per heavy atom. The molecule has 0 atom stereocenters. The highest BCUT2D eigenvalue weighted by atomic mass is 19.4. The van der Waals surface area contributed by atoms with Crippen LogP contribution in [0.25, 0.3) is 16.5 Å². The topological polar surface area (TPSA) is 98.7 Å². The average molecular weight is 466 g/mol. The van der Waals surface area contributed by atoms with Crippen LogP contribution in [0.2, 0.25) is 0 Å². The van der Waals surface area contributed by atoms with Gasteiger partial charge >= 0.3 is 12.4 Å². The van der Waals surface area contributed by atoms with Crippen LogP contribution >= 0.6 is 0 Å². The number of fused-ring (bicyclic) bond motifs is 1. The fraction of sp³-hybridized carbons (Fsp3) is 0.100. The molecular weight excluding hydrogens is 454 g/mol. The molecule has 0 bridgehead atoms. The van der Waals surface area contributed by atoms with E-state index >= 15 is 0 Å². The highest BCUT2D eigenvalue weighted by Crippen LogP contribution is 2.36. The third kappa shape index (κ3) is 4.16. The van der Waals surface area contributed by atoms with Crippen LogP contribution in [0.3, 0.4) is 0 Å². The van der Waals surface area contributed by atoms with Crippen molar-refractivity contribution in [1.29, 1.82) is 0 Å². The van der Waals surface area contributed by atoms with E-state index in [0.29, 0.717) is 27.7 Å². The summed E-state index contributed by atoms with van der Waals surface area (Å²) in [5, 5.41) is 6.42. The summed E-state index contributed by atoms with van der Waals surface area (Å²) in [5.74, 6) is -1.22. The first-order valence-corrected chi connectivity index (χ1v) is 9.10. The maximum Gasteiger partial charge on any atom is 0.434 e. The van der Waals surface area contributed by atoms with E-state index in [1.54, 1.807) is 18.2 Å². The fourth-order valence-corrected chi connectivity index (χ4v) is 3.20. The lowest BCUT2D eigenvalue weighted by molar-refractivity contribution is -0.143. The van der Waals surface area contributed by atoms with Crippen molar-refractivity contribution < 1.29 is 31.1 Å². The lowest BCUT2D eigenvalue weighted by Gasteiger charge is -2.15.